The number of Topliss-reactive ketones (excluding diaryl/α,β-unsaturated/α-hetero) is 1. The second kappa shape index (κ2) is 8.51. The summed E-state index contributed by atoms with van der Waals surface area (Å²) in [4.78, 5) is 12.9. The summed E-state index contributed by atoms with van der Waals surface area (Å²) in [5.41, 5.74) is 4.91. The lowest BCUT2D eigenvalue weighted by atomic mass is 10.2. The number of aryl methyl sites for hydroxylation is 2. The molecule has 1 atom stereocenters. The molecule has 1 saturated heterocycles. The van der Waals surface area contributed by atoms with E-state index < -0.39 is 0 Å². The first kappa shape index (κ1) is 19.8. The Bertz CT molecular complexity index is 1000. The molecule has 2 aromatic heterocycles. The third-order valence-corrected chi connectivity index (χ3v) is 6.26. The van der Waals surface area contributed by atoms with Crippen LogP contribution in [0.1, 0.15) is 40.2 Å². The Labute approximate surface area is 174 Å². The minimum absolute atomic E-state index is 0.0835. The molecule has 0 radical (unpaired) electrons. The summed E-state index contributed by atoms with van der Waals surface area (Å²) in [6.45, 7) is 7.74. The molecule has 1 aliphatic rings. The number of carbonyl (C=O) groups excluding carboxylic acids is 1. The number of nitrogens with zero attached hydrogens (tertiary/aromatic N) is 5. The number of benzene rings is 1. The lowest BCUT2D eigenvalue weighted by Gasteiger charge is -2.14. The summed E-state index contributed by atoms with van der Waals surface area (Å²) in [7, 11) is 0. The van der Waals surface area contributed by atoms with Crippen molar-refractivity contribution in [2.24, 2.45) is 0 Å². The van der Waals surface area contributed by atoms with E-state index in [-0.39, 0.29) is 17.6 Å². The van der Waals surface area contributed by atoms with Crippen LogP contribution in [-0.2, 0) is 11.3 Å². The van der Waals surface area contributed by atoms with Crippen LogP contribution >= 0.6 is 11.8 Å². The van der Waals surface area contributed by atoms with Crippen LogP contribution in [-0.4, -0.2) is 49.0 Å². The van der Waals surface area contributed by atoms with E-state index in [0.717, 1.165) is 48.6 Å². The summed E-state index contributed by atoms with van der Waals surface area (Å²) in [6, 6.07) is 9.95. The Morgan fingerprint density at radius 2 is 2.03 bits per heavy atom. The van der Waals surface area contributed by atoms with E-state index in [1.807, 2.05) is 51.1 Å². The third-order valence-electron chi connectivity index (χ3n) is 5.34. The second-order valence-electron chi connectivity index (χ2n) is 7.45. The van der Waals surface area contributed by atoms with Gasteiger partial charge in [0.25, 0.3) is 0 Å². The van der Waals surface area contributed by atoms with E-state index in [4.69, 9.17) is 4.74 Å². The predicted molar refractivity (Wildman–Crippen MR) is 112 cm³/mol. The van der Waals surface area contributed by atoms with Crippen molar-refractivity contribution in [2.45, 2.75) is 51.4 Å². The lowest BCUT2D eigenvalue weighted by Crippen LogP contribution is -2.17. The molecule has 0 N–H and O–H groups in total. The van der Waals surface area contributed by atoms with Gasteiger partial charge >= 0.3 is 0 Å². The number of rotatable bonds is 7. The van der Waals surface area contributed by atoms with Crippen LogP contribution in [0.4, 0.5) is 0 Å². The predicted octanol–water partition coefficient (Wildman–Crippen LogP) is 3.54. The zero-order valence-electron chi connectivity index (χ0n) is 17.0. The van der Waals surface area contributed by atoms with Gasteiger partial charge in [0.15, 0.2) is 5.78 Å². The minimum Gasteiger partial charge on any atom is -0.376 e. The highest BCUT2D eigenvalue weighted by molar-refractivity contribution is 7.99. The van der Waals surface area contributed by atoms with E-state index in [0.29, 0.717) is 5.16 Å². The van der Waals surface area contributed by atoms with Crippen LogP contribution in [0, 0.1) is 20.8 Å². The average molecular weight is 412 g/mol. The molecular weight excluding hydrogens is 386 g/mol. The lowest BCUT2D eigenvalue weighted by molar-refractivity contribution is 0.0957. The number of thioether (sulfide) groups is 1. The molecule has 0 amide bonds. The normalized spacial score (nSPS) is 16.4. The van der Waals surface area contributed by atoms with Gasteiger partial charge < -0.3 is 9.30 Å². The van der Waals surface area contributed by atoms with Crippen molar-refractivity contribution in [2.75, 3.05) is 12.4 Å². The Balaban J connectivity index is 1.46. The highest BCUT2D eigenvalue weighted by Gasteiger charge is 2.21. The van der Waals surface area contributed by atoms with E-state index in [1.54, 1.807) is 4.68 Å². The van der Waals surface area contributed by atoms with Crippen molar-refractivity contribution in [1.82, 2.24) is 24.8 Å². The number of carbonyl (C=O) groups is 1. The van der Waals surface area contributed by atoms with Crippen LogP contribution in [0.3, 0.4) is 0 Å². The van der Waals surface area contributed by atoms with Gasteiger partial charge in [0.1, 0.15) is 0 Å². The first-order chi connectivity index (χ1) is 14.0. The molecule has 3 aromatic rings. The fourth-order valence-corrected chi connectivity index (χ4v) is 4.46. The summed E-state index contributed by atoms with van der Waals surface area (Å²) >= 11 is 1.36. The molecule has 29 heavy (non-hydrogen) atoms. The Morgan fingerprint density at radius 3 is 2.76 bits per heavy atom. The summed E-state index contributed by atoms with van der Waals surface area (Å²) in [6.07, 6.45) is 2.44. The quantitative estimate of drug-likeness (QED) is 0.437. The summed E-state index contributed by atoms with van der Waals surface area (Å²) < 4.78 is 9.62. The van der Waals surface area contributed by atoms with E-state index >= 15 is 0 Å². The van der Waals surface area contributed by atoms with Gasteiger partial charge in [-0.3, -0.25) is 4.79 Å². The molecular formula is C21H25N5O2S. The molecule has 0 aliphatic carbocycles. The number of tetrazole rings is 1. The largest absolute Gasteiger partial charge is 0.376 e. The maximum Gasteiger partial charge on any atom is 0.214 e. The number of hydrogen-bond acceptors (Lipinski definition) is 6. The molecule has 8 heteroatoms. The van der Waals surface area contributed by atoms with Crippen LogP contribution in [0.5, 0.6) is 0 Å². The van der Waals surface area contributed by atoms with Crippen LogP contribution in [0.15, 0.2) is 35.5 Å². The Hall–Kier alpha value is -2.45. The van der Waals surface area contributed by atoms with Gasteiger partial charge in [-0.05, 0) is 62.2 Å². The molecule has 0 unspecified atom stereocenters. The molecule has 152 valence electrons. The number of ether oxygens (including phenoxy) is 1. The monoisotopic (exact) mass is 411 g/mol. The van der Waals surface area contributed by atoms with Crippen LogP contribution in [0.2, 0.25) is 0 Å². The van der Waals surface area contributed by atoms with E-state index in [1.165, 1.54) is 17.3 Å². The first-order valence-corrected chi connectivity index (χ1v) is 10.8. The zero-order chi connectivity index (χ0) is 20.4. The van der Waals surface area contributed by atoms with Crippen molar-refractivity contribution in [3.05, 3.63) is 52.8 Å². The fourth-order valence-electron chi connectivity index (χ4n) is 3.68. The Kier molecular flexibility index (Phi) is 5.82. The molecule has 7 nitrogen and oxygen atoms in total. The molecule has 1 aliphatic heterocycles. The van der Waals surface area contributed by atoms with Crippen molar-refractivity contribution in [3.8, 4) is 5.69 Å². The SMILES string of the molecule is Cc1ccc(-n2nnnc2SCC(=O)c2cc(C)n(C[C@H]3CCCO3)c2C)cc1. The molecule has 1 aromatic carbocycles. The van der Waals surface area contributed by atoms with Gasteiger partial charge in [0.2, 0.25) is 5.16 Å². The fraction of sp³-hybridized carbons (Fsp3) is 0.429. The highest BCUT2D eigenvalue weighted by atomic mass is 32.2. The first-order valence-electron chi connectivity index (χ1n) is 9.82. The van der Waals surface area contributed by atoms with Gasteiger partial charge in [-0.1, -0.05) is 29.5 Å². The maximum absolute atomic E-state index is 12.9. The smallest absolute Gasteiger partial charge is 0.214 e. The number of hydrogen-bond donors (Lipinski definition) is 0. The number of ketones is 1. The summed E-state index contributed by atoms with van der Waals surface area (Å²) in [5, 5.41) is 12.5. The standard InChI is InChI=1S/C21H25N5O2S/c1-14-6-8-17(9-7-14)26-21(22-23-24-26)29-13-20(27)19-11-15(2)25(16(19)3)12-18-5-4-10-28-18/h6-9,11,18H,4-5,10,12-13H2,1-3H3/t18-/m1/s1. The molecule has 0 saturated carbocycles. The molecule has 1 fully saturated rings. The minimum atomic E-state index is 0.0835. The van der Waals surface area contributed by atoms with E-state index in [9.17, 15) is 4.79 Å². The molecule has 4 rings (SSSR count). The summed E-state index contributed by atoms with van der Waals surface area (Å²) in [5.74, 6) is 0.372. The van der Waals surface area contributed by atoms with Crippen molar-refractivity contribution in [1.29, 1.82) is 0 Å². The topological polar surface area (TPSA) is 74.8 Å². The van der Waals surface area contributed by atoms with Crippen molar-refractivity contribution < 1.29 is 9.53 Å². The molecule has 3 heterocycles. The van der Waals surface area contributed by atoms with Gasteiger partial charge in [-0.2, -0.15) is 4.68 Å². The second-order valence-corrected chi connectivity index (χ2v) is 8.39. The Morgan fingerprint density at radius 1 is 1.24 bits per heavy atom. The van der Waals surface area contributed by atoms with Crippen LogP contribution in [0.25, 0.3) is 5.69 Å². The average Bonchev–Trinajstić information content (AvgIpc) is 3.45. The van der Waals surface area contributed by atoms with Gasteiger partial charge in [0, 0.05) is 30.1 Å². The molecule has 0 bridgehead atoms. The van der Waals surface area contributed by atoms with Crippen LogP contribution < -0.4 is 0 Å². The zero-order valence-corrected chi connectivity index (χ0v) is 17.8. The van der Waals surface area contributed by atoms with E-state index in [2.05, 4.69) is 20.1 Å². The van der Waals surface area contributed by atoms with Gasteiger partial charge in [-0.25, -0.2) is 0 Å². The van der Waals surface area contributed by atoms with Gasteiger partial charge in [0.05, 0.1) is 17.5 Å². The third kappa shape index (κ3) is 4.28. The highest BCUT2D eigenvalue weighted by Crippen LogP contribution is 2.24. The van der Waals surface area contributed by atoms with Crippen molar-refractivity contribution in [3.63, 3.8) is 0 Å². The maximum atomic E-state index is 12.9. The molecule has 0 spiro atoms. The van der Waals surface area contributed by atoms with Gasteiger partial charge in [-0.15, -0.1) is 5.10 Å². The number of aromatic nitrogens is 5. The van der Waals surface area contributed by atoms with Crippen molar-refractivity contribution >= 4 is 17.5 Å².